The normalized spacial score (nSPS) is 11.5. The first-order chi connectivity index (χ1) is 8.08. The largest absolute Gasteiger partial charge is 0.396 e. The van der Waals surface area contributed by atoms with Crippen LogP contribution in [0.2, 0.25) is 0 Å². The van der Waals surface area contributed by atoms with Crippen molar-refractivity contribution in [1.29, 1.82) is 0 Å². The van der Waals surface area contributed by atoms with E-state index in [9.17, 15) is 9.90 Å². The second-order valence-electron chi connectivity index (χ2n) is 4.36. The molecule has 0 aromatic carbocycles. The molecule has 0 aliphatic carbocycles. The highest BCUT2D eigenvalue weighted by atomic mass is 32.1. The van der Waals surface area contributed by atoms with E-state index in [1.807, 2.05) is 20.8 Å². The molecule has 0 aliphatic rings. The molecule has 0 fully saturated rings. The van der Waals surface area contributed by atoms with Crippen molar-refractivity contribution in [2.75, 3.05) is 13.2 Å². The summed E-state index contributed by atoms with van der Waals surface area (Å²) in [5.41, 5.74) is 1.19. The summed E-state index contributed by atoms with van der Waals surface area (Å²) < 4.78 is 4.07. The number of nitrogens with one attached hydrogen (secondary N) is 1. The maximum Gasteiger partial charge on any atom is 0.254 e. The van der Waals surface area contributed by atoms with Gasteiger partial charge in [-0.15, -0.1) is 0 Å². The predicted octanol–water partition coefficient (Wildman–Crippen LogP) is 1.98. The summed E-state index contributed by atoms with van der Waals surface area (Å²) in [5, 5.41) is 14.1. The van der Waals surface area contributed by atoms with Crippen LogP contribution in [0, 0.1) is 12.3 Å². The maximum absolute atomic E-state index is 11.9. The van der Waals surface area contributed by atoms with E-state index in [0.29, 0.717) is 12.1 Å². The molecule has 0 atom stereocenters. The topological polar surface area (TPSA) is 62.2 Å². The third kappa shape index (κ3) is 3.26. The minimum Gasteiger partial charge on any atom is -0.396 e. The Kier molecular flexibility index (Phi) is 5.08. The molecule has 0 unspecified atom stereocenters. The van der Waals surface area contributed by atoms with Crippen LogP contribution in [0.4, 0.5) is 0 Å². The molecule has 1 aromatic heterocycles. The van der Waals surface area contributed by atoms with E-state index in [1.165, 1.54) is 11.5 Å². The number of rotatable bonds is 6. The Labute approximate surface area is 106 Å². The van der Waals surface area contributed by atoms with Crippen LogP contribution in [0.5, 0.6) is 0 Å². The first-order valence-electron chi connectivity index (χ1n) is 5.88. The molecular formula is C12H20N2O2S. The third-order valence-electron chi connectivity index (χ3n) is 3.45. The standard InChI is InChI=1S/C12H20N2O2S/c1-4-12(5-2,8-15)7-13-11(16)10-6-17-14-9(10)3/h6,15H,4-5,7-8H2,1-3H3,(H,13,16). The second kappa shape index (κ2) is 6.12. The number of aryl methyl sites for hydroxylation is 1. The molecule has 96 valence electrons. The minimum atomic E-state index is -0.201. The average molecular weight is 256 g/mol. The maximum atomic E-state index is 11.9. The summed E-state index contributed by atoms with van der Waals surface area (Å²) in [6, 6.07) is 0. The lowest BCUT2D eigenvalue weighted by molar-refractivity contribution is 0.0851. The van der Waals surface area contributed by atoms with E-state index in [1.54, 1.807) is 5.38 Å². The number of hydrogen-bond donors (Lipinski definition) is 2. The highest BCUT2D eigenvalue weighted by Crippen LogP contribution is 2.24. The second-order valence-corrected chi connectivity index (χ2v) is 4.99. The van der Waals surface area contributed by atoms with Crippen molar-refractivity contribution in [2.45, 2.75) is 33.6 Å². The molecular weight excluding hydrogens is 236 g/mol. The molecule has 1 amide bonds. The Morgan fingerprint density at radius 1 is 1.53 bits per heavy atom. The molecule has 5 heteroatoms. The number of carbonyl (C=O) groups is 1. The van der Waals surface area contributed by atoms with E-state index in [-0.39, 0.29) is 17.9 Å². The van der Waals surface area contributed by atoms with Crippen LogP contribution < -0.4 is 5.32 Å². The molecule has 4 nitrogen and oxygen atoms in total. The molecule has 17 heavy (non-hydrogen) atoms. The monoisotopic (exact) mass is 256 g/mol. The first kappa shape index (κ1) is 14.1. The number of amides is 1. The van der Waals surface area contributed by atoms with Gasteiger partial charge >= 0.3 is 0 Å². The zero-order valence-corrected chi connectivity index (χ0v) is 11.4. The fourth-order valence-corrected chi connectivity index (χ4v) is 2.35. The van der Waals surface area contributed by atoms with Gasteiger partial charge in [0, 0.05) is 17.3 Å². The predicted molar refractivity (Wildman–Crippen MR) is 69.3 cm³/mol. The van der Waals surface area contributed by atoms with Crippen LogP contribution in [0.25, 0.3) is 0 Å². The van der Waals surface area contributed by atoms with Gasteiger partial charge in [0.15, 0.2) is 0 Å². The number of hydrogen-bond acceptors (Lipinski definition) is 4. The molecule has 0 spiro atoms. The summed E-state index contributed by atoms with van der Waals surface area (Å²) in [4.78, 5) is 11.9. The van der Waals surface area contributed by atoms with Gasteiger partial charge in [0.2, 0.25) is 0 Å². The molecule has 0 bridgehead atoms. The summed E-state index contributed by atoms with van der Waals surface area (Å²) in [6.07, 6.45) is 1.70. The van der Waals surface area contributed by atoms with Crippen LogP contribution in [0.3, 0.4) is 0 Å². The lowest BCUT2D eigenvalue weighted by Crippen LogP contribution is -2.39. The number of carbonyl (C=O) groups excluding carboxylic acids is 1. The molecule has 1 heterocycles. The summed E-state index contributed by atoms with van der Waals surface area (Å²) in [7, 11) is 0. The minimum absolute atomic E-state index is 0.0984. The highest BCUT2D eigenvalue weighted by molar-refractivity contribution is 7.03. The van der Waals surface area contributed by atoms with Gasteiger partial charge in [-0.3, -0.25) is 4.79 Å². The van der Waals surface area contributed by atoms with Gasteiger partial charge in [-0.25, -0.2) is 0 Å². The Balaban J connectivity index is 2.62. The van der Waals surface area contributed by atoms with Crippen molar-refractivity contribution in [2.24, 2.45) is 5.41 Å². The van der Waals surface area contributed by atoms with Crippen LogP contribution in [0.1, 0.15) is 42.7 Å². The van der Waals surface area contributed by atoms with Gasteiger partial charge in [-0.05, 0) is 31.3 Å². The molecule has 1 rings (SSSR count). The molecule has 0 radical (unpaired) electrons. The van der Waals surface area contributed by atoms with Crippen molar-refractivity contribution >= 4 is 17.4 Å². The zero-order chi connectivity index (χ0) is 12.9. The van der Waals surface area contributed by atoms with Crippen LogP contribution in [-0.2, 0) is 0 Å². The first-order valence-corrected chi connectivity index (χ1v) is 6.72. The Morgan fingerprint density at radius 2 is 2.18 bits per heavy atom. The quantitative estimate of drug-likeness (QED) is 0.818. The van der Waals surface area contributed by atoms with Crippen molar-refractivity contribution in [3.8, 4) is 0 Å². The van der Waals surface area contributed by atoms with Gasteiger partial charge in [0.05, 0.1) is 17.9 Å². The molecule has 2 N–H and O–H groups in total. The van der Waals surface area contributed by atoms with Crippen molar-refractivity contribution in [3.05, 3.63) is 16.6 Å². The number of aliphatic hydroxyl groups is 1. The average Bonchev–Trinajstić information content (AvgIpc) is 2.78. The van der Waals surface area contributed by atoms with Crippen LogP contribution in [-0.4, -0.2) is 28.5 Å². The van der Waals surface area contributed by atoms with Gasteiger partial charge in [0.25, 0.3) is 5.91 Å². The summed E-state index contributed by atoms with van der Waals surface area (Å²) in [6.45, 7) is 6.49. The van der Waals surface area contributed by atoms with E-state index in [4.69, 9.17) is 0 Å². The third-order valence-corrected chi connectivity index (χ3v) is 4.17. The molecule has 0 aliphatic heterocycles. The van der Waals surface area contributed by atoms with E-state index in [0.717, 1.165) is 18.5 Å². The van der Waals surface area contributed by atoms with Gasteiger partial charge in [0.1, 0.15) is 0 Å². The smallest absolute Gasteiger partial charge is 0.254 e. The van der Waals surface area contributed by atoms with E-state index >= 15 is 0 Å². The zero-order valence-electron chi connectivity index (χ0n) is 10.6. The van der Waals surface area contributed by atoms with Gasteiger partial charge in [-0.1, -0.05) is 13.8 Å². The number of aromatic nitrogens is 1. The molecule has 1 aromatic rings. The number of aliphatic hydroxyl groups excluding tert-OH is 1. The summed E-state index contributed by atoms with van der Waals surface area (Å²) >= 11 is 1.28. The highest BCUT2D eigenvalue weighted by Gasteiger charge is 2.26. The van der Waals surface area contributed by atoms with Crippen LogP contribution >= 0.6 is 11.5 Å². The number of nitrogens with zero attached hydrogens (tertiary/aromatic N) is 1. The van der Waals surface area contributed by atoms with E-state index < -0.39 is 0 Å². The van der Waals surface area contributed by atoms with Crippen molar-refractivity contribution in [3.63, 3.8) is 0 Å². The van der Waals surface area contributed by atoms with Crippen molar-refractivity contribution < 1.29 is 9.90 Å². The Bertz CT molecular complexity index is 364. The Hall–Kier alpha value is -0.940. The lowest BCUT2D eigenvalue weighted by Gasteiger charge is -2.29. The Morgan fingerprint density at radius 3 is 2.59 bits per heavy atom. The fraction of sp³-hybridized carbons (Fsp3) is 0.667. The molecule has 0 saturated heterocycles. The summed E-state index contributed by atoms with van der Waals surface area (Å²) in [5.74, 6) is -0.101. The van der Waals surface area contributed by atoms with Crippen LogP contribution in [0.15, 0.2) is 5.38 Å². The van der Waals surface area contributed by atoms with Gasteiger partial charge < -0.3 is 10.4 Å². The van der Waals surface area contributed by atoms with Gasteiger partial charge in [-0.2, -0.15) is 4.37 Å². The molecule has 0 saturated carbocycles. The lowest BCUT2D eigenvalue weighted by atomic mass is 9.83. The SMILES string of the molecule is CCC(CC)(CO)CNC(=O)c1csnc1C. The van der Waals surface area contributed by atoms with E-state index in [2.05, 4.69) is 9.69 Å². The fourth-order valence-electron chi connectivity index (χ4n) is 1.65. The van der Waals surface area contributed by atoms with Crippen molar-refractivity contribution in [1.82, 2.24) is 9.69 Å².